The number of rotatable bonds is 2. The highest BCUT2D eigenvalue weighted by Gasteiger charge is 2.10. The molecule has 0 saturated carbocycles. The molecule has 6 heteroatoms. The number of carbonyl (C=O) groups is 1. The van der Waals surface area contributed by atoms with E-state index in [0.717, 1.165) is 6.07 Å². The van der Waals surface area contributed by atoms with Gasteiger partial charge < -0.3 is 5.11 Å². The van der Waals surface area contributed by atoms with Crippen LogP contribution in [-0.4, -0.2) is 16.0 Å². The summed E-state index contributed by atoms with van der Waals surface area (Å²) in [7, 11) is 0. The highest BCUT2D eigenvalue weighted by molar-refractivity contribution is 5.80. The zero-order valence-electron chi connectivity index (χ0n) is 4.64. The van der Waals surface area contributed by atoms with Gasteiger partial charge in [0.1, 0.15) is 6.08 Å². The molecule has 1 N–H and O–H groups in total. The van der Waals surface area contributed by atoms with Crippen molar-refractivity contribution in [1.82, 2.24) is 0 Å². The first-order valence-corrected chi connectivity index (χ1v) is 2.07. The summed E-state index contributed by atoms with van der Waals surface area (Å²) in [6.07, 6.45) is 0.236. The van der Waals surface area contributed by atoms with Gasteiger partial charge in [0.2, 0.25) is 0 Å². The second-order valence-corrected chi connectivity index (χ2v) is 1.24. The number of aliphatic carboxylic acids is 1. The third-order valence-electron chi connectivity index (χ3n) is 0.571. The van der Waals surface area contributed by atoms with Crippen molar-refractivity contribution in [3.63, 3.8) is 0 Å². The molecule has 0 aromatic rings. The number of hydrogen-bond donors (Lipinski definition) is 1. The number of nitrogens with zero attached hydrogens (tertiary/aromatic N) is 2. The summed E-state index contributed by atoms with van der Waals surface area (Å²) in [5.41, 5.74) is -0.979. The minimum absolute atomic E-state index is 0.236. The first-order valence-electron chi connectivity index (χ1n) is 2.07. The molecule has 0 saturated heterocycles. The van der Waals surface area contributed by atoms with Gasteiger partial charge in [-0.2, -0.15) is 5.26 Å². The van der Waals surface area contributed by atoms with Crippen LogP contribution in [0, 0.1) is 21.4 Å². The number of carboxylic acid groups (broad SMARTS) is 1. The number of hydrogen-bond acceptors (Lipinski definition) is 4. The second kappa shape index (κ2) is 3.19. The number of nitriles is 1. The van der Waals surface area contributed by atoms with Gasteiger partial charge in [-0.05, 0) is 0 Å². The normalized spacial score (nSPS) is 10.1. The van der Waals surface area contributed by atoms with E-state index in [1.807, 2.05) is 0 Å². The van der Waals surface area contributed by atoms with Gasteiger partial charge in [-0.1, -0.05) is 0 Å². The Morgan fingerprint density at radius 1 is 1.80 bits per heavy atom. The number of carboxylic acids is 1. The SMILES string of the molecule is N#C/C(=C\C(=O)O)[N+](=O)[O-]. The van der Waals surface area contributed by atoms with Gasteiger partial charge in [0.25, 0.3) is 0 Å². The Labute approximate surface area is 55.1 Å². The molecular formula is C4H2N2O4. The minimum atomic E-state index is -1.51. The van der Waals surface area contributed by atoms with Crippen molar-refractivity contribution < 1.29 is 14.8 Å². The molecule has 0 aliphatic heterocycles. The van der Waals surface area contributed by atoms with Gasteiger partial charge in [-0.25, -0.2) is 4.79 Å². The zero-order valence-corrected chi connectivity index (χ0v) is 4.64. The van der Waals surface area contributed by atoms with Crippen LogP contribution in [0.15, 0.2) is 11.8 Å². The Balaban J connectivity index is 4.55. The molecule has 0 fully saturated rings. The fourth-order valence-corrected chi connectivity index (χ4v) is 0.243. The first kappa shape index (κ1) is 8.10. The lowest BCUT2D eigenvalue weighted by molar-refractivity contribution is -0.417. The molecule has 10 heavy (non-hydrogen) atoms. The molecule has 0 atom stereocenters. The van der Waals surface area contributed by atoms with E-state index in [-0.39, 0.29) is 6.08 Å². The van der Waals surface area contributed by atoms with Crippen LogP contribution in [0.2, 0.25) is 0 Å². The van der Waals surface area contributed by atoms with Crippen LogP contribution in [0.25, 0.3) is 0 Å². The van der Waals surface area contributed by atoms with E-state index < -0.39 is 16.6 Å². The Morgan fingerprint density at radius 3 is 2.40 bits per heavy atom. The van der Waals surface area contributed by atoms with Crippen molar-refractivity contribution in [3.05, 3.63) is 21.9 Å². The molecule has 0 bridgehead atoms. The maximum Gasteiger partial charge on any atom is 0.352 e. The Morgan fingerprint density at radius 2 is 2.30 bits per heavy atom. The van der Waals surface area contributed by atoms with Crippen molar-refractivity contribution in [2.75, 3.05) is 0 Å². The molecule has 0 aliphatic rings. The average molecular weight is 142 g/mol. The Bertz CT molecular complexity index is 236. The molecule has 0 radical (unpaired) electrons. The van der Waals surface area contributed by atoms with Crippen LogP contribution in [-0.2, 0) is 4.79 Å². The number of nitro groups is 1. The van der Waals surface area contributed by atoms with Crippen molar-refractivity contribution >= 4 is 5.97 Å². The molecule has 0 aliphatic carbocycles. The van der Waals surface area contributed by atoms with E-state index in [1.165, 1.54) is 0 Å². The van der Waals surface area contributed by atoms with E-state index in [9.17, 15) is 14.9 Å². The van der Waals surface area contributed by atoms with Crippen molar-refractivity contribution in [3.8, 4) is 6.07 Å². The minimum Gasteiger partial charge on any atom is -0.478 e. The molecule has 0 aromatic heterocycles. The maximum atomic E-state index is 9.74. The predicted molar refractivity (Wildman–Crippen MR) is 28.3 cm³/mol. The fourth-order valence-electron chi connectivity index (χ4n) is 0.243. The quantitative estimate of drug-likeness (QED) is 0.248. The van der Waals surface area contributed by atoms with Crippen LogP contribution >= 0.6 is 0 Å². The predicted octanol–water partition coefficient (Wildman–Crippen LogP) is -0.245. The fraction of sp³-hybridized carbons (Fsp3) is 0. The monoisotopic (exact) mass is 142 g/mol. The van der Waals surface area contributed by atoms with E-state index in [4.69, 9.17) is 10.4 Å². The summed E-state index contributed by atoms with van der Waals surface area (Å²) in [6, 6.07) is 1.11. The van der Waals surface area contributed by atoms with Crippen LogP contribution in [0.1, 0.15) is 0 Å². The standard InChI is InChI=1S/C4H2N2O4/c5-2-3(6(9)10)1-4(7)8/h1H,(H,7,8)/b3-1+. The first-order chi connectivity index (χ1) is 4.57. The third kappa shape index (κ3) is 2.42. The third-order valence-corrected chi connectivity index (χ3v) is 0.571. The Kier molecular flexibility index (Phi) is 2.58. The van der Waals surface area contributed by atoms with Crippen LogP contribution < -0.4 is 0 Å². The zero-order chi connectivity index (χ0) is 8.15. The highest BCUT2D eigenvalue weighted by Crippen LogP contribution is 1.90. The molecule has 6 nitrogen and oxygen atoms in total. The van der Waals surface area contributed by atoms with Crippen molar-refractivity contribution in [2.24, 2.45) is 0 Å². The topological polar surface area (TPSA) is 104 Å². The molecule has 0 unspecified atom stereocenters. The van der Waals surface area contributed by atoms with Gasteiger partial charge in [0.05, 0.1) is 4.92 Å². The van der Waals surface area contributed by atoms with Crippen molar-refractivity contribution in [1.29, 1.82) is 5.26 Å². The average Bonchev–Trinajstić information content (AvgIpc) is 1.81. The van der Waals surface area contributed by atoms with E-state index in [2.05, 4.69) is 0 Å². The van der Waals surface area contributed by atoms with Crippen LogP contribution in [0.4, 0.5) is 0 Å². The lowest BCUT2D eigenvalue weighted by Crippen LogP contribution is -1.99. The van der Waals surface area contributed by atoms with Crippen molar-refractivity contribution in [2.45, 2.75) is 0 Å². The smallest absolute Gasteiger partial charge is 0.352 e. The van der Waals surface area contributed by atoms with Gasteiger partial charge in [0.15, 0.2) is 6.07 Å². The summed E-state index contributed by atoms with van der Waals surface area (Å²) in [6.45, 7) is 0. The van der Waals surface area contributed by atoms with E-state index in [0.29, 0.717) is 0 Å². The van der Waals surface area contributed by atoms with Crippen LogP contribution in [0.5, 0.6) is 0 Å². The lowest BCUT2D eigenvalue weighted by Gasteiger charge is -1.81. The molecule has 0 heterocycles. The Hall–Kier alpha value is -1.90. The van der Waals surface area contributed by atoms with Gasteiger partial charge >= 0.3 is 11.7 Å². The summed E-state index contributed by atoms with van der Waals surface area (Å²) in [4.78, 5) is 18.4. The molecule has 0 amide bonds. The van der Waals surface area contributed by atoms with E-state index >= 15 is 0 Å². The van der Waals surface area contributed by atoms with Gasteiger partial charge in [0, 0.05) is 0 Å². The molecule has 0 aromatic carbocycles. The van der Waals surface area contributed by atoms with E-state index in [1.54, 1.807) is 0 Å². The second-order valence-electron chi connectivity index (χ2n) is 1.24. The summed E-state index contributed by atoms with van der Waals surface area (Å²) in [5, 5.41) is 25.6. The van der Waals surface area contributed by atoms with Crippen LogP contribution in [0.3, 0.4) is 0 Å². The number of allylic oxidation sites excluding steroid dienone is 1. The lowest BCUT2D eigenvalue weighted by atomic mass is 10.4. The summed E-state index contributed by atoms with van der Waals surface area (Å²) >= 11 is 0. The van der Waals surface area contributed by atoms with Gasteiger partial charge in [-0.3, -0.25) is 10.1 Å². The van der Waals surface area contributed by atoms with Gasteiger partial charge in [-0.15, -0.1) is 0 Å². The highest BCUT2D eigenvalue weighted by atomic mass is 16.6. The molecule has 0 rings (SSSR count). The molecule has 52 valence electrons. The summed E-state index contributed by atoms with van der Waals surface area (Å²) in [5.74, 6) is -1.51. The summed E-state index contributed by atoms with van der Waals surface area (Å²) < 4.78 is 0. The largest absolute Gasteiger partial charge is 0.478 e. The molecule has 0 spiro atoms. The maximum absolute atomic E-state index is 9.74. The molecular weight excluding hydrogens is 140 g/mol.